The maximum absolute atomic E-state index is 12.7. The van der Waals surface area contributed by atoms with E-state index in [1.54, 1.807) is 36.7 Å². The second kappa shape index (κ2) is 12.3. The summed E-state index contributed by atoms with van der Waals surface area (Å²) in [4.78, 5) is 53.4. The van der Waals surface area contributed by atoms with Crippen molar-refractivity contribution < 1.29 is 19.1 Å². The molecule has 45 heavy (non-hydrogen) atoms. The van der Waals surface area contributed by atoms with Crippen LogP contribution >= 0.6 is 0 Å². The molecule has 0 saturated carbocycles. The van der Waals surface area contributed by atoms with Crippen molar-refractivity contribution in [2.45, 2.75) is 84.6 Å². The first-order chi connectivity index (χ1) is 21.2. The van der Waals surface area contributed by atoms with Crippen LogP contribution in [0, 0.1) is 0 Å². The normalized spacial score (nSPS) is 16.0. The molecule has 2 amide bonds. The number of aromatic nitrogens is 6. The first kappa shape index (κ1) is 31.7. The summed E-state index contributed by atoms with van der Waals surface area (Å²) in [6, 6.07) is 7.42. The van der Waals surface area contributed by atoms with Crippen molar-refractivity contribution in [3.63, 3.8) is 0 Å². The van der Waals surface area contributed by atoms with Crippen molar-refractivity contribution in [2.75, 3.05) is 13.6 Å². The molecule has 3 aromatic heterocycles. The molecule has 1 aromatic carbocycles. The van der Waals surface area contributed by atoms with E-state index in [1.807, 2.05) is 72.7 Å². The van der Waals surface area contributed by atoms with Crippen molar-refractivity contribution >= 4 is 12.2 Å². The number of amides is 2. The predicted octanol–water partition coefficient (Wildman–Crippen LogP) is 6.92. The molecule has 0 aliphatic carbocycles. The van der Waals surface area contributed by atoms with Crippen LogP contribution in [0.25, 0.3) is 33.9 Å². The maximum atomic E-state index is 12.7. The summed E-state index contributed by atoms with van der Waals surface area (Å²) in [6.07, 6.45) is 8.01. The van der Waals surface area contributed by atoms with Gasteiger partial charge in [-0.05, 0) is 66.9 Å². The first-order valence-electron chi connectivity index (χ1n) is 15.2. The highest BCUT2D eigenvalue weighted by molar-refractivity contribution is 5.70. The number of ether oxygens (including phenoxy) is 2. The molecule has 12 heteroatoms. The molecular formula is C33H42N8O4. The van der Waals surface area contributed by atoms with Crippen LogP contribution in [0.3, 0.4) is 0 Å². The Morgan fingerprint density at radius 1 is 0.844 bits per heavy atom. The fourth-order valence-corrected chi connectivity index (χ4v) is 5.03. The molecule has 0 spiro atoms. The molecular weight excluding hydrogens is 572 g/mol. The summed E-state index contributed by atoms with van der Waals surface area (Å²) < 4.78 is 11.1. The van der Waals surface area contributed by atoms with E-state index in [9.17, 15) is 9.59 Å². The van der Waals surface area contributed by atoms with Crippen LogP contribution in [0.1, 0.15) is 85.0 Å². The largest absolute Gasteiger partial charge is 0.444 e. The van der Waals surface area contributed by atoms with E-state index in [-0.39, 0.29) is 18.2 Å². The minimum Gasteiger partial charge on any atom is -0.444 e. The molecule has 4 aromatic rings. The molecule has 1 saturated heterocycles. The maximum Gasteiger partial charge on any atom is 0.410 e. The van der Waals surface area contributed by atoms with Crippen LogP contribution in [0.15, 0.2) is 49.1 Å². The van der Waals surface area contributed by atoms with Gasteiger partial charge in [0.1, 0.15) is 22.9 Å². The molecule has 12 nitrogen and oxygen atoms in total. The molecule has 2 N–H and O–H groups in total. The number of hydrogen-bond acceptors (Lipinski definition) is 8. The van der Waals surface area contributed by atoms with Crippen molar-refractivity contribution in [1.29, 1.82) is 0 Å². The Hall–Kier alpha value is -4.74. The van der Waals surface area contributed by atoms with Crippen LogP contribution in [-0.4, -0.2) is 76.7 Å². The number of H-pyrrole nitrogens is 2. The number of imidazole rings is 2. The standard InChI is InChI=1S/C33H42N8O4/c1-20(40(8)30(42)44-32(2,3)4)27-36-18-24(38-27)21-11-13-22(14-12-21)28-34-16-23(17-35-28)25-19-37-29(39-25)26-10-9-15-41(26)31(43)45-33(5,6)7/h11-14,16-20,26H,9-10,15H2,1-8H3,(H,36,38)(H,37,39)/t20-,26-/m0/s1. The highest BCUT2D eigenvalue weighted by atomic mass is 16.6. The van der Waals surface area contributed by atoms with E-state index in [1.165, 1.54) is 4.90 Å². The molecule has 1 fully saturated rings. The van der Waals surface area contributed by atoms with E-state index < -0.39 is 17.3 Å². The highest BCUT2D eigenvalue weighted by Gasteiger charge is 2.35. The van der Waals surface area contributed by atoms with Gasteiger partial charge < -0.3 is 24.3 Å². The third kappa shape index (κ3) is 7.50. The molecule has 238 valence electrons. The molecule has 2 atom stereocenters. The van der Waals surface area contributed by atoms with E-state index in [0.717, 1.165) is 46.7 Å². The number of hydrogen-bond donors (Lipinski definition) is 2. The molecule has 4 heterocycles. The highest BCUT2D eigenvalue weighted by Crippen LogP contribution is 2.33. The first-order valence-corrected chi connectivity index (χ1v) is 15.2. The molecule has 5 rings (SSSR count). The fourth-order valence-electron chi connectivity index (χ4n) is 5.03. The number of carbonyl (C=O) groups is 2. The number of carbonyl (C=O) groups excluding carboxylic acids is 2. The molecule has 0 unspecified atom stereocenters. The van der Waals surface area contributed by atoms with E-state index in [4.69, 9.17) is 9.47 Å². The lowest BCUT2D eigenvalue weighted by atomic mass is 10.1. The minimum absolute atomic E-state index is 0.160. The number of nitrogens with zero attached hydrogens (tertiary/aromatic N) is 6. The minimum atomic E-state index is -0.574. The Bertz CT molecular complexity index is 1630. The van der Waals surface area contributed by atoms with Crippen molar-refractivity contribution in [3.05, 3.63) is 60.7 Å². The third-order valence-electron chi connectivity index (χ3n) is 7.46. The van der Waals surface area contributed by atoms with Crippen LogP contribution in [0.2, 0.25) is 0 Å². The summed E-state index contributed by atoms with van der Waals surface area (Å²) >= 11 is 0. The molecule has 0 radical (unpaired) electrons. The van der Waals surface area contributed by atoms with Gasteiger partial charge in [-0.2, -0.15) is 0 Å². The number of likely N-dealkylation sites (tertiary alicyclic amines) is 1. The third-order valence-corrected chi connectivity index (χ3v) is 7.46. The lowest BCUT2D eigenvalue weighted by Crippen LogP contribution is -2.36. The summed E-state index contributed by atoms with van der Waals surface area (Å²) in [5.41, 5.74) is 3.10. The van der Waals surface area contributed by atoms with Gasteiger partial charge in [-0.1, -0.05) is 24.3 Å². The number of benzene rings is 1. The summed E-state index contributed by atoms with van der Waals surface area (Å²) in [5.74, 6) is 1.98. The van der Waals surface area contributed by atoms with Crippen LogP contribution in [0.5, 0.6) is 0 Å². The van der Waals surface area contributed by atoms with Crippen molar-refractivity contribution in [2.24, 2.45) is 0 Å². The van der Waals surface area contributed by atoms with Gasteiger partial charge in [-0.3, -0.25) is 4.90 Å². The molecule has 0 bridgehead atoms. The monoisotopic (exact) mass is 614 g/mol. The lowest BCUT2D eigenvalue weighted by Gasteiger charge is -2.27. The van der Waals surface area contributed by atoms with Gasteiger partial charge in [0.25, 0.3) is 0 Å². The zero-order valence-electron chi connectivity index (χ0n) is 27.2. The Morgan fingerprint density at radius 2 is 1.44 bits per heavy atom. The van der Waals surface area contributed by atoms with Crippen LogP contribution in [-0.2, 0) is 9.47 Å². The average Bonchev–Trinajstić information content (AvgIpc) is 3.75. The van der Waals surface area contributed by atoms with Crippen molar-refractivity contribution in [3.8, 4) is 33.9 Å². The summed E-state index contributed by atoms with van der Waals surface area (Å²) in [6.45, 7) is 13.7. The lowest BCUT2D eigenvalue weighted by molar-refractivity contribution is 0.0212. The van der Waals surface area contributed by atoms with Gasteiger partial charge in [0, 0.05) is 37.1 Å². The number of aromatic amines is 2. The fraction of sp³-hybridized carbons (Fsp3) is 0.455. The Morgan fingerprint density at radius 3 is 2.09 bits per heavy atom. The van der Waals surface area contributed by atoms with E-state index >= 15 is 0 Å². The van der Waals surface area contributed by atoms with Crippen molar-refractivity contribution in [1.82, 2.24) is 39.7 Å². The van der Waals surface area contributed by atoms with E-state index in [2.05, 4.69) is 29.9 Å². The number of nitrogens with one attached hydrogen (secondary N) is 2. The second-order valence-electron chi connectivity index (χ2n) is 13.3. The topological polar surface area (TPSA) is 142 Å². The molecule has 1 aliphatic heterocycles. The average molecular weight is 615 g/mol. The van der Waals surface area contributed by atoms with Gasteiger partial charge in [-0.25, -0.2) is 29.5 Å². The van der Waals surface area contributed by atoms with Gasteiger partial charge in [0.2, 0.25) is 0 Å². The van der Waals surface area contributed by atoms with Gasteiger partial charge in [0.05, 0.1) is 35.9 Å². The summed E-state index contributed by atoms with van der Waals surface area (Å²) in [7, 11) is 1.70. The number of rotatable bonds is 6. The van der Waals surface area contributed by atoms with Crippen LogP contribution < -0.4 is 0 Å². The zero-order valence-corrected chi connectivity index (χ0v) is 27.2. The van der Waals surface area contributed by atoms with Gasteiger partial charge in [0.15, 0.2) is 5.82 Å². The van der Waals surface area contributed by atoms with Gasteiger partial charge >= 0.3 is 12.2 Å². The summed E-state index contributed by atoms with van der Waals surface area (Å²) in [5, 5.41) is 0. The zero-order chi connectivity index (χ0) is 32.5. The quantitative estimate of drug-likeness (QED) is 0.238. The Kier molecular flexibility index (Phi) is 8.68. The second-order valence-corrected chi connectivity index (χ2v) is 13.3. The SMILES string of the molecule is C[C@@H](c1ncc(-c2ccc(-c3ncc(-c4cnc([C@@H]5CCCN5C(=O)OC(C)(C)C)[nH]4)cn3)cc2)[nH]1)N(C)C(=O)OC(C)(C)C. The predicted molar refractivity (Wildman–Crippen MR) is 170 cm³/mol. The Labute approximate surface area is 263 Å². The Balaban J connectivity index is 1.24. The smallest absolute Gasteiger partial charge is 0.410 e. The molecule has 1 aliphatic rings. The van der Waals surface area contributed by atoms with E-state index in [0.29, 0.717) is 18.2 Å². The van der Waals surface area contributed by atoms with Gasteiger partial charge in [-0.15, -0.1) is 0 Å². The van der Waals surface area contributed by atoms with Crippen LogP contribution in [0.4, 0.5) is 9.59 Å².